The topological polar surface area (TPSA) is 26.3 Å². The first-order valence-corrected chi connectivity index (χ1v) is 6.48. The summed E-state index contributed by atoms with van der Waals surface area (Å²) in [6.07, 6.45) is 0. The Bertz CT molecular complexity index is 516. The smallest absolute Gasteiger partial charge is 0.338 e. The molecule has 0 fully saturated rings. The Morgan fingerprint density at radius 2 is 2.00 bits per heavy atom. The Hall–Kier alpha value is -1.32. The Labute approximate surface area is 109 Å². The van der Waals surface area contributed by atoms with Crippen molar-refractivity contribution in [1.29, 1.82) is 0 Å². The van der Waals surface area contributed by atoms with Gasteiger partial charge in [0.25, 0.3) is 0 Å². The molecule has 0 atom stereocenters. The molecular weight excluding hydrogens is 256 g/mol. The van der Waals surface area contributed by atoms with Crippen LogP contribution in [0.4, 0.5) is 0 Å². The maximum atomic E-state index is 11.5. The van der Waals surface area contributed by atoms with Crippen LogP contribution in [-0.2, 0) is 4.74 Å². The molecule has 0 amide bonds. The average Bonchev–Trinajstić information content (AvgIpc) is 2.76. The maximum absolute atomic E-state index is 11.5. The Balaban J connectivity index is 2.21. The normalized spacial score (nSPS) is 10.2. The van der Waals surface area contributed by atoms with Crippen molar-refractivity contribution in [3.63, 3.8) is 0 Å². The van der Waals surface area contributed by atoms with E-state index in [9.17, 15) is 4.79 Å². The highest BCUT2D eigenvalue weighted by molar-refractivity contribution is 7.14. The zero-order valence-corrected chi connectivity index (χ0v) is 10.8. The highest BCUT2D eigenvalue weighted by atomic mass is 35.5. The lowest BCUT2D eigenvalue weighted by Crippen LogP contribution is -2.03. The molecule has 1 heterocycles. The van der Waals surface area contributed by atoms with Crippen LogP contribution in [0.25, 0.3) is 11.1 Å². The van der Waals surface area contributed by atoms with Crippen LogP contribution in [0.3, 0.4) is 0 Å². The molecule has 0 spiro atoms. The van der Waals surface area contributed by atoms with E-state index in [1.807, 2.05) is 23.6 Å². The van der Waals surface area contributed by atoms with Gasteiger partial charge in [0.2, 0.25) is 0 Å². The Kier molecular flexibility index (Phi) is 3.82. The standard InChI is InChI=1S/C13H11ClO2S/c1-2-16-13(15)10-5-3-9(4-6-10)11-7-12(14)17-8-11/h3-8H,2H2,1H3. The largest absolute Gasteiger partial charge is 0.462 e. The van der Waals surface area contributed by atoms with Crippen molar-refractivity contribution in [2.75, 3.05) is 6.61 Å². The van der Waals surface area contributed by atoms with Crippen LogP contribution in [0, 0.1) is 0 Å². The molecule has 0 bridgehead atoms. The van der Waals surface area contributed by atoms with Gasteiger partial charge in [-0.1, -0.05) is 23.7 Å². The van der Waals surface area contributed by atoms with Crippen molar-refractivity contribution in [2.45, 2.75) is 6.92 Å². The van der Waals surface area contributed by atoms with Crippen LogP contribution in [0.2, 0.25) is 4.34 Å². The SMILES string of the molecule is CCOC(=O)c1ccc(-c2csc(Cl)c2)cc1. The molecular formula is C13H11ClO2S. The van der Waals surface area contributed by atoms with E-state index in [0.29, 0.717) is 12.2 Å². The molecule has 0 unspecified atom stereocenters. The van der Waals surface area contributed by atoms with Crippen molar-refractivity contribution in [3.05, 3.63) is 45.6 Å². The van der Waals surface area contributed by atoms with Gasteiger partial charge in [-0.05, 0) is 36.2 Å². The van der Waals surface area contributed by atoms with E-state index in [4.69, 9.17) is 16.3 Å². The van der Waals surface area contributed by atoms with Crippen LogP contribution in [0.15, 0.2) is 35.7 Å². The summed E-state index contributed by atoms with van der Waals surface area (Å²) in [6.45, 7) is 2.18. The zero-order valence-electron chi connectivity index (χ0n) is 9.27. The molecule has 0 N–H and O–H groups in total. The van der Waals surface area contributed by atoms with Crippen molar-refractivity contribution >= 4 is 28.9 Å². The first-order valence-electron chi connectivity index (χ1n) is 5.22. The predicted octanol–water partition coefficient (Wildman–Crippen LogP) is 4.25. The van der Waals surface area contributed by atoms with E-state index in [0.717, 1.165) is 15.5 Å². The third kappa shape index (κ3) is 2.87. The second-order valence-corrected chi connectivity index (χ2v) is 4.98. The minimum atomic E-state index is -0.289. The molecule has 17 heavy (non-hydrogen) atoms. The average molecular weight is 267 g/mol. The van der Waals surface area contributed by atoms with Crippen LogP contribution in [0.5, 0.6) is 0 Å². The van der Waals surface area contributed by atoms with Gasteiger partial charge < -0.3 is 4.74 Å². The number of carbonyl (C=O) groups excluding carboxylic acids is 1. The molecule has 2 aromatic rings. The van der Waals surface area contributed by atoms with Gasteiger partial charge in [-0.3, -0.25) is 0 Å². The van der Waals surface area contributed by atoms with Crippen LogP contribution < -0.4 is 0 Å². The summed E-state index contributed by atoms with van der Waals surface area (Å²) in [5.41, 5.74) is 2.67. The number of carbonyl (C=O) groups is 1. The highest BCUT2D eigenvalue weighted by Crippen LogP contribution is 2.28. The van der Waals surface area contributed by atoms with Crippen molar-refractivity contribution in [2.24, 2.45) is 0 Å². The summed E-state index contributed by atoms with van der Waals surface area (Å²) in [5, 5.41) is 1.99. The number of ether oxygens (including phenoxy) is 1. The van der Waals surface area contributed by atoms with Crippen LogP contribution in [0.1, 0.15) is 17.3 Å². The lowest BCUT2D eigenvalue weighted by molar-refractivity contribution is 0.0526. The fourth-order valence-corrected chi connectivity index (χ4v) is 2.36. The first kappa shape index (κ1) is 12.1. The van der Waals surface area contributed by atoms with Gasteiger partial charge in [0.15, 0.2) is 0 Å². The summed E-state index contributed by atoms with van der Waals surface area (Å²) >= 11 is 7.37. The number of thiophene rings is 1. The van der Waals surface area contributed by atoms with Gasteiger partial charge in [0.1, 0.15) is 0 Å². The number of rotatable bonds is 3. The van der Waals surface area contributed by atoms with Gasteiger partial charge in [0.05, 0.1) is 16.5 Å². The molecule has 1 aromatic carbocycles. The fraction of sp³-hybridized carbons (Fsp3) is 0.154. The summed E-state index contributed by atoms with van der Waals surface area (Å²) in [7, 11) is 0. The summed E-state index contributed by atoms with van der Waals surface area (Å²) in [6, 6.07) is 9.22. The van der Waals surface area contributed by atoms with E-state index >= 15 is 0 Å². The third-order valence-corrected chi connectivity index (χ3v) is 3.39. The van der Waals surface area contributed by atoms with Gasteiger partial charge >= 0.3 is 5.97 Å². The van der Waals surface area contributed by atoms with E-state index in [-0.39, 0.29) is 5.97 Å². The van der Waals surface area contributed by atoms with E-state index in [1.54, 1.807) is 19.1 Å². The minimum absolute atomic E-state index is 0.289. The minimum Gasteiger partial charge on any atom is -0.462 e. The molecule has 88 valence electrons. The second-order valence-electron chi connectivity index (χ2n) is 3.44. The molecule has 1 aromatic heterocycles. The Morgan fingerprint density at radius 3 is 2.53 bits per heavy atom. The molecule has 0 aliphatic rings. The predicted molar refractivity (Wildman–Crippen MR) is 70.7 cm³/mol. The Morgan fingerprint density at radius 1 is 1.29 bits per heavy atom. The third-order valence-electron chi connectivity index (χ3n) is 2.30. The number of esters is 1. The van der Waals surface area contributed by atoms with Crippen molar-refractivity contribution in [1.82, 2.24) is 0 Å². The van der Waals surface area contributed by atoms with Gasteiger partial charge in [-0.15, -0.1) is 11.3 Å². The van der Waals surface area contributed by atoms with Gasteiger partial charge in [-0.2, -0.15) is 0 Å². The van der Waals surface area contributed by atoms with Gasteiger partial charge in [0, 0.05) is 5.38 Å². The summed E-state index contributed by atoms with van der Waals surface area (Å²) in [4.78, 5) is 11.5. The number of hydrogen-bond acceptors (Lipinski definition) is 3. The van der Waals surface area contributed by atoms with E-state index in [2.05, 4.69) is 0 Å². The number of hydrogen-bond donors (Lipinski definition) is 0. The molecule has 2 nitrogen and oxygen atoms in total. The molecule has 4 heteroatoms. The summed E-state index contributed by atoms with van der Waals surface area (Å²) < 4.78 is 5.68. The number of halogens is 1. The lowest BCUT2D eigenvalue weighted by atomic mass is 10.1. The second kappa shape index (κ2) is 5.34. The van der Waals surface area contributed by atoms with Gasteiger partial charge in [-0.25, -0.2) is 4.79 Å². The molecule has 0 saturated carbocycles. The maximum Gasteiger partial charge on any atom is 0.338 e. The monoisotopic (exact) mass is 266 g/mol. The zero-order chi connectivity index (χ0) is 12.3. The first-order chi connectivity index (χ1) is 8.20. The lowest BCUT2D eigenvalue weighted by Gasteiger charge is -2.02. The van der Waals surface area contributed by atoms with Crippen LogP contribution >= 0.6 is 22.9 Å². The number of benzene rings is 1. The highest BCUT2D eigenvalue weighted by Gasteiger charge is 2.06. The quantitative estimate of drug-likeness (QED) is 0.777. The van der Waals surface area contributed by atoms with Crippen molar-refractivity contribution in [3.8, 4) is 11.1 Å². The van der Waals surface area contributed by atoms with E-state index < -0.39 is 0 Å². The fourth-order valence-electron chi connectivity index (χ4n) is 1.47. The van der Waals surface area contributed by atoms with Crippen molar-refractivity contribution < 1.29 is 9.53 Å². The molecule has 0 aliphatic heterocycles. The molecule has 0 saturated heterocycles. The molecule has 0 aliphatic carbocycles. The summed E-state index contributed by atoms with van der Waals surface area (Å²) in [5.74, 6) is -0.289. The molecule has 2 rings (SSSR count). The van der Waals surface area contributed by atoms with E-state index in [1.165, 1.54) is 11.3 Å². The van der Waals surface area contributed by atoms with Crippen LogP contribution in [-0.4, -0.2) is 12.6 Å². The molecule has 0 radical (unpaired) electrons.